The van der Waals surface area contributed by atoms with Crippen LogP contribution in [0, 0.1) is 0 Å². The van der Waals surface area contributed by atoms with Crippen LogP contribution >= 0.6 is 22.9 Å². The number of hydrogen-bond donors (Lipinski definition) is 1. The molecule has 0 unspecified atom stereocenters. The highest BCUT2D eigenvalue weighted by Gasteiger charge is 2.18. The van der Waals surface area contributed by atoms with E-state index < -0.39 is 5.91 Å². The lowest BCUT2D eigenvalue weighted by atomic mass is 10.2. The first-order chi connectivity index (χ1) is 12.1. The second-order valence-electron chi connectivity index (χ2n) is 5.49. The van der Waals surface area contributed by atoms with E-state index in [0.717, 1.165) is 21.0 Å². The monoisotopic (exact) mass is 369 g/mol. The average Bonchev–Trinajstić information content (AvgIpc) is 3.09. The number of carbonyl (C=O) groups excluding carboxylic acids is 1. The fraction of sp³-hybridized carbons (Fsp3) is 0.0556. The van der Waals surface area contributed by atoms with Gasteiger partial charge < -0.3 is 9.67 Å². The summed E-state index contributed by atoms with van der Waals surface area (Å²) in [6, 6.07) is 14.9. The van der Waals surface area contributed by atoms with E-state index in [9.17, 15) is 9.90 Å². The first-order valence-electron chi connectivity index (χ1n) is 7.47. The predicted molar refractivity (Wildman–Crippen MR) is 100 cm³/mol. The fourth-order valence-corrected chi connectivity index (χ4v) is 4.14. The van der Waals surface area contributed by atoms with E-state index in [2.05, 4.69) is 10.2 Å². The molecule has 0 aliphatic heterocycles. The van der Waals surface area contributed by atoms with Crippen molar-refractivity contribution in [2.24, 2.45) is 17.3 Å². The molecule has 0 bridgehead atoms. The van der Waals surface area contributed by atoms with Gasteiger partial charge in [-0.1, -0.05) is 48.0 Å². The largest absolute Gasteiger partial charge is 0.493 e. The molecule has 0 saturated carbocycles. The second-order valence-corrected chi connectivity index (χ2v) is 6.93. The van der Waals surface area contributed by atoms with Gasteiger partial charge in [0.15, 0.2) is 5.69 Å². The van der Waals surface area contributed by atoms with Crippen molar-refractivity contribution in [2.45, 2.75) is 0 Å². The van der Waals surface area contributed by atoms with Gasteiger partial charge in [-0.3, -0.25) is 4.79 Å². The molecule has 1 N–H and O–H groups in total. The van der Waals surface area contributed by atoms with Gasteiger partial charge >= 0.3 is 5.91 Å². The molecule has 0 radical (unpaired) electrons. The minimum Gasteiger partial charge on any atom is -0.493 e. The molecule has 0 atom stereocenters. The minimum absolute atomic E-state index is 0.0415. The number of amides is 1. The van der Waals surface area contributed by atoms with E-state index in [1.165, 1.54) is 11.3 Å². The fourth-order valence-electron chi connectivity index (χ4n) is 2.75. The van der Waals surface area contributed by atoms with Crippen LogP contribution in [0.15, 0.2) is 58.8 Å². The Hall–Kier alpha value is -2.70. The molecular formula is C18H12ClN3O2S. The van der Waals surface area contributed by atoms with Crippen LogP contribution < -0.4 is 0 Å². The Morgan fingerprint density at radius 1 is 1.12 bits per heavy atom. The molecule has 0 fully saturated rings. The summed E-state index contributed by atoms with van der Waals surface area (Å²) in [5, 5.41) is 20.0. The third-order valence-corrected chi connectivity index (χ3v) is 5.68. The Bertz CT molecular complexity index is 1160. The van der Waals surface area contributed by atoms with E-state index in [1.807, 2.05) is 48.5 Å². The molecule has 25 heavy (non-hydrogen) atoms. The Morgan fingerprint density at radius 2 is 1.80 bits per heavy atom. The SMILES string of the molecule is Cn1c(O)c(N=NC(=O)c2sc3ccccc3c2Cl)c2ccccc21. The lowest BCUT2D eigenvalue weighted by Crippen LogP contribution is -1.89. The molecule has 2 heterocycles. The number of halogens is 1. The molecule has 0 saturated heterocycles. The van der Waals surface area contributed by atoms with Crippen molar-refractivity contribution in [1.82, 2.24) is 4.57 Å². The molecule has 5 nitrogen and oxygen atoms in total. The number of rotatable bonds is 2. The minimum atomic E-state index is -0.529. The Kier molecular flexibility index (Phi) is 3.78. The number of fused-ring (bicyclic) bond motifs is 2. The van der Waals surface area contributed by atoms with Gasteiger partial charge in [0.2, 0.25) is 5.88 Å². The topological polar surface area (TPSA) is 66.9 Å². The Labute approximate surface area is 151 Å². The summed E-state index contributed by atoms with van der Waals surface area (Å²) < 4.78 is 2.51. The molecule has 7 heteroatoms. The van der Waals surface area contributed by atoms with Gasteiger partial charge in [0.1, 0.15) is 4.88 Å². The number of carbonyl (C=O) groups is 1. The smallest absolute Gasteiger partial charge is 0.307 e. The van der Waals surface area contributed by atoms with Crippen LogP contribution in [-0.2, 0) is 7.05 Å². The van der Waals surface area contributed by atoms with E-state index in [0.29, 0.717) is 9.90 Å². The quantitative estimate of drug-likeness (QED) is 0.462. The number of thiophene rings is 1. The van der Waals surface area contributed by atoms with E-state index >= 15 is 0 Å². The molecule has 0 aliphatic carbocycles. The van der Waals surface area contributed by atoms with Gasteiger partial charge in [-0.05, 0) is 12.1 Å². The maximum atomic E-state index is 12.4. The predicted octanol–water partition coefficient (Wildman–Crippen LogP) is 5.68. The summed E-state index contributed by atoms with van der Waals surface area (Å²) in [6.07, 6.45) is 0. The van der Waals surface area contributed by atoms with Crippen LogP contribution in [0.25, 0.3) is 21.0 Å². The zero-order chi connectivity index (χ0) is 17.6. The second kappa shape index (κ2) is 5.98. The number of aryl methyl sites for hydroxylation is 1. The summed E-state index contributed by atoms with van der Waals surface area (Å²) in [6.45, 7) is 0. The van der Waals surface area contributed by atoms with Gasteiger partial charge in [-0.2, -0.15) is 0 Å². The average molecular weight is 370 g/mol. The summed E-state index contributed by atoms with van der Waals surface area (Å²) in [7, 11) is 1.72. The number of azo groups is 1. The van der Waals surface area contributed by atoms with Gasteiger partial charge in [-0.15, -0.1) is 21.6 Å². The molecule has 124 valence electrons. The molecule has 0 spiro atoms. The van der Waals surface area contributed by atoms with Crippen LogP contribution in [-0.4, -0.2) is 15.6 Å². The van der Waals surface area contributed by atoms with Crippen LogP contribution in [0.5, 0.6) is 5.88 Å². The lowest BCUT2D eigenvalue weighted by Gasteiger charge is -1.95. The maximum Gasteiger partial charge on any atom is 0.307 e. The van der Waals surface area contributed by atoms with E-state index in [-0.39, 0.29) is 11.6 Å². The van der Waals surface area contributed by atoms with E-state index in [4.69, 9.17) is 11.6 Å². The molecule has 0 aliphatic rings. The summed E-state index contributed by atoms with van der Waals surface area (Å²) in [5.74, 6) is -0.571. The highest BCUT2D eigenvalue weighted by molar-refractivity contribution is 7.21. The summed E-state index contributed by atoms with van der Waals surface area (Å²) in [4.78, 5) is 12.8. The number of aromatic hydroxyl groups is 1. The van der Waals surface area contributed by atoms with Gasteiger partial charge in [0, 0.05) is 22.5 Å². The Morgan fingerprint density at radius 3 is 2.56 bits per heavy atom. The molecular weight excluding hydrogens is 358 g/mol. The van der Waals surface area contributed by atoms with Gasteiger partial charge in [0.05, 0.1) is 10.5 Å². The van der Waals surface area contributed by atoms with Crippen molar-refractivity contribution in [3.63, 3.8) is 0 Å². The van der Waals surface area contributed by atoms with E-state index in [1.54, 1.807) is 11.6 Å². The number of nitrogens with zero attached hydrogens (tertiary/aromatic N) is 3. The summed E-state index contributed by atoms with van der Waals surface area (Å²) in [5.41, 5.74) is 1.07. The van der Waals surface area contributed by atoms with Crippen LogP contribution in [0.4, 0.5) is 5.69 Å². The molecule has 4 aromatic rings. The molecule has 1 amide bonds. The number of para-hydroxylation sites is 1. The van der Waals surface area contributed by atoms with Gasteiger partial charge in [0.25, 0.3) is 0 Å². The first kappa shape index (κ1) is 15.8. The van der Waals surface area contributed by atoms with Crippen LogP contribution in [0.2, 0.25) is 5.02 Å². The zero-order valence-corrected chi connectivity index (χ0v) is 14.7. The molecule has 4 rings (SSSR count). The lowest BCUT2D eigenvalue weighted by molar-refractivity contribution is 0.0999. The Balaban J connectivity index is 1.76. The van der Waals surface area contributed by atoms with Crippen molar-refractivity contribution in [3.8, 4) is 5.88 Å². The normalized spacial score (nSPS) is 11.8. The molecule has 2 aromatic heterocycles. The zero-order valence-electron chi connectivity index (χ0n) is 13.1. The van der Waals surface area contributed by atoms with Crippen molar-refractivity contribution in [3.05, 3.63) is 58.4 Å². The van der Waals surface area contributed by atoms with Crippen molar-refractivity contribution in [1.29, 1.82) is 0 Å². The number of hydrogen-bond acceptors (Lipinski definition) is 4. The third-order valence-electron chi connectivity index (χ3n) is 4.02. The van der Waals surface area contributed by atoms with Gasteiger partial charge in [-0.25, -0.2) is 0 Å². The van der Waals surface area contributed by atoms with Crippen molar-refractivity contribution >= 4 is 55.5 Å². The third kappa shape index (κ3) is 2.50. The van der Waals surface area contributed by atoms with Crippen LogP contribution in [0.3, 0.4) is 0 Å². The van der Waals surface area contributed by atoms with Crippen molar-refractivity contribution < 1.29 is 9.90 Å². The molecule has 2 aromatic carbocycles. The highest BCUT2D eigenvalue weighted by atomic mass is 35.5. The van der Waals surface area contributed by atoms with Crippen molar-refractivity contribution in [2.75, 3.05) is 0 Å². The maximum absolute atomic E-state index is 12.4. The number of aromatic nitrogens is 1. The number of benzene rings is 2. The van der Waals surface area contributed by atoms with Crippen LogP contribution in [0.1, 0.15) is 9.67 Å². The standard InChI is InChI=1S/C18H12ClN3O2S/c1-22-12-8-4-2-6-10(12)15(18(22)24)20-21-17(23)16-14(19)11-7-3-5-9-13(11)25-16/h2-9,24H,1H3. The summed E-state index contributed by atoms with van der Waals surface area (Å²) >= 11 is 7.58. The first-order valence-corrected chi connectivity index (χ1v) is 8.67. The highest BCUT2D eigenvalue weighted by Crippen LogP contribution is 2.39.